The summed E-state index contributed by atoms with van der Waals surface area (Å²) in [5, 5.41) is 2.63. The molecule has 1 heterocycles. The third-order valence-corrected chi connectivity index (χ3v) is 5.77. The van der Waals surface area contributed by atoms with Gasteiger partial charge in [-0.1, -0.05) is 24.3 Å². The van der Waals surface area contributed by atoms with Crippen molar-refractivity contribution in [3.8, 4) is 5.75 Å². The van der Waals surface area contributed by atoms with Crippen LogP contribution in [-0.2, 0) is 16.1 Å². The van der Waals surface area contributed by atoms with Gasteiger partial charge in [0.15, 0.2) is 0 Å². The van der Waals surface area contributed by atoms with Gasteiger partial charge in [0, 0.05) is 19.2 Å². The van der Waals surface area contributed by atoms with Crippen LogP contribution < -0.4 is 10.1 Å². The molecule has 1 fully saturated rings. The summed E-state index contributed by atoms with van der Waals surface area (Å²) in [6.07, 6.45) is 0. The minimum absolute atomic E-state index is 0.150. The van der Waals surface area contributed by atoms with Gasteiger partial charge < -0.3 is 15.0 Å². The van der Waals surface area contributed by atoms with E-state index in [4.69, 9.17) is 4.74 Å². The maximum atomic E-state index is 13.0. The zero-order valence-electron chi connectivity index (χ0n) is 15.1. The molecule has 2 aromatic carbocycles. The van der Waals surface area contributed by atoms with Crippen molar-refractivity contribution < 1.29 is 18.7 Å². The lowest BCUT2D eigenvalue weighted by Crippen LogP contribution is -2.47. The molecule has 7 heteroatoms. The highest BCUT2D eigenvalue weighted by atomic mass is 32.2. The van der Waals surface area contributed by atoms with Crippen LogP contribution in [0, 0.1) is 5.82 Å². The Balaban J connectivity index is 1.69. The molecular weight excluding hydrogens is 367 g/mol. The van der Waals surface area contributed by atoms with Crippen molar-refractivity contribution in [2.24, 2.45) is 0 Å². The van der Waals surface area contributed by atoms with Gasteiger partial charge in [0.1, 0.15) is 23.0 Å². The lowest BCUT2D eigenvalue weighted by atomic mass is 10.1. The molecule has 1 saturated heterocycles. The van der Waals surface area contributed by atoms with Crippen LogP contribution in [0.4, 0.5) is 4.39 Å². The highest BCUT2D eigenvalue weighted by Crippen LogP contribution is 2.41. The summed E-state index contributed by atoms with van der Waals surface area (Å²) < 4.78 is 18.2. The molecule has 2 aromatic rings. The summed E-state index contributed by atoms with van der Waals surface area (Å²) >= 11 is 1.56. The Hall–Kier alpha value is -2.54. The molecule has 3 rings (SSSR count). The number of hydrogen-bond donors (Lipinski definition) is 1. The fraction of sp³-hybridized carbons (Fsp3) is 0.300. The van der Waals surface area contributed by atoms with E-state index in [0.29, 0.717) is 12.3 Å². The van der Waals surface area contributed by atoms with Gasteiger partial charge in [-0.05, 0) is 35.4 Å². The first-order chi connectivity index (χ1) is 13.0. The molecule has 0 saturated carbocycles. The highest BCUT2D eigenvalue weighted by molar-refractivity contribution is 7.99. The first kappa shape index (κ1) is 19.2. The van der Waals surface area contributed by atoms with Crippen molar-refractivity contribution in [3.05, 3.63) is 65.5 Å². The number of halogens is 1. The van der Waals surface area contributed by atoms with Crippen molar-refractivity contribution in [2.75, 3.05) is 12.9 Å². The summed E-state index contributed by atoms with van der Waals surface area (Å²) in [6, 6.07) is 12.9. The Kier molecular flexibility index (Phi) is 6.01. The molecule has 0 spiro atoms. The van der Waals surface area contributed by atoms with E-state index in [1.165, 1.54) is 19.1 Å². The Morgan fingerprint density at radius 2 is 1.85 bits per heavy atom. The van der Waals surface area contributed by atoms with E-state index in [2.05, 4.69) is 5.32 Å². The maximum Gasteiger partial charge on any atom is 0.243 e. The lowest BCUT2D eigenvalue weighted by Gasteiger charge is -2.28. The number of amides is 2. The molecule has 27 heavy (non-hydrogen) atoms. The van der Waals surface area contributed by atoms with Crippen molar-refractivity contribution in [1.29, 1.82) is 0 Å². The predicted molar refractivity (Wildman–Crippen MR) is 103 cm³/mol. The average Bonchev–Trinajstić information content (AvgIpc) is 3.13. The van der Waals surface area contributed by atoms with E-state index in [1.54, 1.807) is 35.9 Å². The van der Waals surface area contributed by atoms with Crippen LogP contribution in [0.3, 0.4) is 0 Å². The number of carbonyl (C=O) groups is 2. The topological polar surface area (TPSA) is 58.6 Å². The number of nitrogens with one attached hydrogen (secondary N) is 1. The Bertz CT molecular complexity index is 811. The molecule has 1 N–H and O–H groups in total. The molecule has 5 nitrogen and oxygen atoms in total. The number of benzene rings is 2. The van der Waals surface area contributed by atoms with E-state index in [-0.39, 0.29) is 23.0 Å². The van der Waals surface area contributed by atoms with Gasteiger partial charge in [0.25, 0.3) is 0 Å². The van der Waals surface area contributed by atoms with E-state index in [0.717, 1.165) is 16.9 Å². The third-order valence-electron chi connectivity index (χ3n) is 4.45. The summed E-state index contributed by atoms with van der Waals surface area (Å²) in [5.41, 5.74) is 1.75. The smallest absolute Gasteiger partial charge is 0.243 e. The van der Waals surface area contributed by atoms with Crippen LogP contribution >= 0.6 is 11.8 Å². The van der Waals surface area contributed by atoms with Crippen molar-refractivity contribution in [1.82, 2.24) is 10.2 Å². The number of ether oxygens (including phenoxy) is 1. The number of carbonyl (C=O) groups excluding carboxylic acids is 2. The number of nitrogens with zero attached hydrogens (tertiary/aromatic N) is 1. The van der Waals surface area contributed by atoms with Gasteiger partial charge in [-0.25, -0.2) is 4.39 Å². The number of methoxy groups -OCH3 is 1. The molecule has 0 aromatic heterocycles. The molecule has 0 unspecified atom stereocenters. The SMILES string of the molecule is COc1ccc([C@H]2SC[C@@H](C(=O)NCc3ccc(F)cc3)N2C(C)=O)cc1. The van der Waals surface area contributed by atoms with Crippen LogP contribution in [-0.4, -0.2) is 35.6 Å². The number of thioether (sulfide) groups is 1. The Morgan fingerprint density at radius 3 is 2.44 bits per heavy atom. The first-order valence-corrected chi connectivity index (χ1v) is 9.61. The summed E-state index contributed by atoms with van der Waals surface area (Å²) in [4.78, 5) is 26.5. The second kappa shape index (κ2) is 8.43. The molecule has 2 atom stereocenters. The van der Waals surface area contributed by atoms with Gasteiger partial charge in [-0.15, -0.1) is 11.8 Å². The Labute approximate surface area is 161 Å². The second-order valence-electron chi connectivity index (χ2n) is 6.25. The summed E-state index contributed by atoms with van der Waals surface area (Å²) in [5.74, 6) is 0.582. The molecule has 142 valence electrons. The van der Waals surface area contributed by atoms with E-state index in [1.807, 2.05) is 24.3 Å². The van der Waals surface area contributed by atoms with E-state index in [9.17, 15) is 14.0 Å². The average molecular weight is 388 g/mol. The van der Waals surface area contributed by atoms with Crippen LogP contribution in [0.2, 0.25) is 0 Å². The monoisotopic (exact) mass is 388 g/mol. The molecular formula is C20H21FN2O3S. The normalized spacial score (nSPS) is 19.0. The molecule has 1 aliphatic heterocycles. The van der Waals surface area contributed by atoms with Crippen molar-refractivity contribution in [3.63, 3.8) is 0 Å². The fourth-order valence-electron chi connectivity index (χ4n) is 3.03. The van der Waals surface area contributed by atoms with Gasteiger partial charge in [0.05, 0.1) is 7.11 Å². The predicted octanol–water partition coefficient (Wildman–Crippen LogP) is 3.11. The fourth-order valence-corrected chi connectivity index (χ4v) is 4.51. The highest BCUT2D eigenvalue weighted by Gasteiger charge is 2.40. The van der Waals surface area contributed by atoms with Crippen molar-refractivity contribution in [2.45, 2.75) is 24.9 Å². The first-order valence-electron chi connectivity index (χ1n) is 8.56. The largest absolute Gasteiger partial charge is 0.497 e. The van der Waals surface area contributed by atoms with Crippen LogP contribution in [0.25, 0.3) is 0 Å². The van der Waals surface area contributed by atoms with Crippen molar-refractivity contribution >= 4 is 23.6 Å². The Morgan fingerprint density at radius 1 is 1.19 bits per heavy atom. The standard InChI is InChI=1S/C20H21FN2O3S/c1-13(24)23-18(19(25)22-11-14-3-7-16(21)8-4-14)12-27-20(23)15-5-9-17(26-2)10-6-15/h3-10,18,20H,11-12H2,1-2H3,(H,22,25)/t18-,20+/m0/s1. The molecule has 0 bridgehead atoms. The van der Waals surface area contributed by atoms with Gasteiger partial charge in [-0.3, -0.25) is 9.59 Å². The number of hydrogen-bond acceptors (Lipinski definition) is 4. The second-order valence-corrected chi connectivity index (χ2v) is 7.36. The quantitative estimate of drug-likeness (QED) is 0.855. The van der Waals surface area contributed by atoms with Crippen LogP contribution in [0.5, 0.6) is 5.75 Å². The molecule has 0 aliphatic carbocycles. The van der Waals surface area contributed by atoms with E-state index < -0.39 is 6.04 Å². The number of rotatable bonds is 5. The summed E-state index contributed by atoms with van der Waals surface area (Å²) in [6.45, 7) is 1.77. The summed E-state index contributed by atoms with van der Waals surface area (Å²) in [7, 11) is 1.60. The zero-order valence-corrected chi connectivity index (χ0v) is 16.0. The molecule has 1 aliphatic rings. The van der Waals surface area contributed by atoms with Gasteiger partial charge in [-0.2, -0.15) is 0 Å². The zero-order chi connectivity index (χ0) is 19.4. The van der Waals surface area contributed by atoms with Crippen LogP contribution in [0.1, 0.15) is 23.4 Å². The van der Waals surface area contributed by atoms with Crippen LogP contribution in [0.15, 0.2) is 48.5 Å². The molecule has 0 radical (unpaired) electrons. The molecule has 2 amide bonds. The van der Waals surface area contributed by atoms with Gasteiger partial charge in [0.2, 0.25) is 11.8 Å². The minimum Gasteiger partial charge on any atom is -0.497 e. The van der Waals surface area contributed by atoms with Gasteiger partial charge >= 0.3 is 0 Å². The van der Waals surface area contributed by atoms with E-state index >= 15 is 0 Å². The third kappa shape index (κ3) is 4.42. The lowest BCUT2D eigenvalue weighted by molar-refractivity contribution is -0.138. The maximum absolute atomic E-state index is 13.0. The minimum atomic E-state index is -0.542.